The maximum atomic E-state index is 15.1. The summed E-state index contributed by atoms with van der Waals surface area (Å²) < 4.78 is 98.3. The second kappa shape index (κ2) is 15.7. The Morgan fingerprint density at radius 2 is 0.727 bits per heavy atom. The van der Waals surface area contributed by atoms with Crippen molar-refractivity contribution >= 4 is 99.5 Å². The lowest BCUT2D eigenvalue weighted by Crippen LogP contribution is -2.54. The lowest BCUT2D eigenvalue weighted by molar-refractivity contribution is -0.288. The summed E-state index contributed by atoms with van der Waals surface area (Å²) in [5.41, 5.74) is -11.9. The molecule has 12 nitrogen and oxygen atoms in total. The zero-order valence-electron chi connectivity index (χ0n) is 26.1. The van der Waals surface area contributed by atoms with Gasteiger partial charge in [-0.25, -0.2) is 28.8 Å². The molecule has 22 heteroatoms. The maximum Gasteiger partial charge on any atom is 0.411 e. The van der Waals surface area contributed by atoms with Gasteiger partial charge in [0.1, 0.15) is 0 Å². The van der Waals surface area contributed by atoms with Gasteiger partial charge in [-0.2, -0.15) is 26.3 Å². The molecule has 0 bridgehead atoms. The smallest absolute Gasteiger partial charge is 0.411 e. The van der Waals surface area contributed by atoms with Gasteiger partial charge in [-0.05, 0) is 136 Å². The maximum absolute atomic E-state index is 15.1. The van der Waals surface area contributed by atoms with Gasteiger partial charge in [0.05, 0.1) is 51.3 Å². The highest BCUT2D eigenvalue weighted by Crippen LogP contribution is 2.59. The Morgan fingerprint density at radius 3 is 0.964 bits per heavy atom. The monoisotopic (exact) mass is 1030 g/mol. The van der Waals surface area contributed by atoms with Crippen LogP contribution in [-0.2, 0) is 5.41 Å². The lowest BCUT2D eigenvalue weighted by Gasteiger charge is -2.39. The quantitative estimate of drug-likeness (QED) is 0.0667. The van der Waals surface area contributed by atoms with Gasteiger partial charge in [0, 0.05) is 0 Å². The molecule has 0 fully saturated rings. The Hall–Kier alpha value is -4.80. The fourth-order valence-corrected chi connectivity index (χ4v) is 7.80. The van der Waals surface area contributed by atoms with E-state index in [0.717, 1.165) is 24.3 Å². The summed E-state index contributed by atoms with van der Waals surface area (Å²) in [6, 6.07) is 6.00. The van der Waals surface area contributed by atoms with Gasteiger partial charge in [-0.15, -0.1) is 0 Å². The summed E-state index contributed by atoms with van der Waals surface area (Å²) in [6.07, 6.45) is -12.3. The van der Waals surface area contributed by atoms with Crippen LogP contribution in [0.4, 0.5) is 26.3 Å². The molecule has 0 aromatic heterocycles. The fraction of sp³-hybridized carbons (Fsp3) is 0.0909. The van der Waals surface area contributed by atoms with Crippen LogP contribution < -0.4 is 9.47 Å². The molecule has 288 valence electrons. The minimum Gasteiger partial charge on any atom is -0.478 e. The molecule has 0 aliphatic heterocycles. The van der Waals surface area contributed by atoms with Gasteiger partial charge < -0.3 is 29.9 Å². The van der Waals surface area contributed by atoms with Crippen molar-refractivity contribution < 1.29 is 85.0 Å². The second-order valence-electron chi connectivity index (χ2n) is 10.8. The first-order valence-electron chi connectivity index (χ1n) is 14.1. The molecule has 4 aromatic carbocycles. The van der Waals surface area contributed by atoms with Crippen LogP contribution in [0.15, 0.2) is 78.6 Å². The molecule has 55 heavy (non-hydrogen) atoms. The first-order valence-corrected chi connectivity index (χ1v) is 17.3. The number of hydrogen-bond donors (Lipinski definition) is 4. The van der Waals surface area contributed by atoms with E-state index in [0.29, 0.717) is 36.4 Å². The molecule has 0 aliphatic rings. The number of carbonyl (C=O) groups is 6. The summed E-state index contributed by atoms with van der Waals surface area (Å²) >= 11 is 11.3. The summed E-state index contributed by atoms with van der Waals surface area (Å²) in [5, 5.41) is 37.1. The standard InChI is InChI=1S/C33H14Br4F6O12/c34-19-7-13(8-20(35)23(19)54-29(52)11-1-3-15(25(44)45)17(5-11)27(48)49)31(32(38,39)40,33(41,42)43)14-9-21(36)24(22(37)10-14)55-30(53)12-2-4-16(26(46)47)18(6-12)28(50)51/h1-10H,(H,44,45)(H,46,47)(H,48,49)(H,50,51). The number of alkyl halides is 6. The number of rotatable bonds is 10. The van der Waals surface area contributed by atoms with Gasteiger partial charge in [0.25, 0.3) is 0 Å². The number of carboxylic acids is 4. The van der Waals surface area contributed by atoms with Crippen molar-refractivity contribution in [2.24, 2.45) is 0 Å². The van der Waals surface area contributed by atoms with Crippen molar-refractivity contribution in [1.82, 2.24) is 0 Å². The van der Waals surface area contributed by atoms with Crippen LogP contribution >= 0.6 is 63.7 Å². The van der Waals surface area contributed by atoms with E-state index in [-0.39, 0.29) is 0 Å². The number of hydrogen-bond acceptors (Lipinski definition) is 8. The van der Waals surface area contributed by atoms with E-state index in [2.05, 4.69) is 63.7 Å². The number of esters is 2. The first kappa shape index (κ1) is 42.9. The SMILES string of the molecule is O=C(Oc1c(Br)cc(C(c2cc(Br)c(OC(=O)c3ccc(C(=O)O)c(C(=O)O)c3)c(Br)c2)(C(F)(F)F)C(F)(F)F)cc1Br)c1ccc(C(=O)O)c(C(=O)O)c1. The highest BCUT2D eigenvalue weighted by atomic mass is 79.9. The molecule has 4 rings (SSSR count). The average Bonchev–Trinajstić information content (AvgIpc) is 3.06. The van der Waals surface area contributed by atoms with Gasteiger partial charge in [0.2, 0.25) is 5.41 Å². The molecular weight excluding hydrogens is 1020 g/mol. The van der Waals surface area contributed by atoms with Crippen LogP contribution in [0.1, 0.15) is 73.3 Å². The predicted molar refractivity (Wildman–Crippen MR) is 187 cm³/mol. The van der Waals surface area contributed by atoms with Crippen LogP contribution in [0.2, 0.25) is 0 Å². The van der Waals surface area contributed by atoms with Crippen molar-refractivity contribution in [2.75, 3.05) is 0 Å². The van der Waals surface area contributed by atoms with Crippen LogP contribution in [0.5, 0.6) is 11.5 Å². The highest BCUT2D eigenvalue weighted by molar-refractivity contribution is 9.11. The molecule has 0 radical (unpaired) electrons. The molecule has 0 amide bonds. The van der Waals surface area contributed by atoms with E-state index in [9.17, 15) is 49.2 Å². The van der Waals surface area contributed by atoms with Crippen molar-refractivity contribution in [3.05, 3.63) is 123 Å². The normalized spacial score (nSPS) is 11.8. The van der Waals surface area contributed by atoms with Gasteiger partial charge in [-0.1, -0.05) is 0 Å². The second-order valence-corrected chi connectivity index (χ2v) is 14.2. The number of carboxylic acid groups (broad SMARTS) is 4. The summed E-state index contributed by atoms with van der Waals surface area (Å²) in [4.78, 5) is 71.5. The van der Waals surface area contributed by atoms with E-state index in [1.54, 1.807) is 0 Å². The number of halogens is 10. The van der Waals surface area contributed by atoms with Crippen molar-refractivity contribution in [3.8, 4) is 11.5 Å². The van der Waals surface area contributed by atoms with Crippen LogP contribution in [-0.4, -0.2) is 68.6 Å². The summed E-state index contributed by atoms with van der Waals surface area (Å²) in [7, 11) is 0. The third-order valence-electron chi connectivity index (χ3n) is 7.53. The Bertz CT molecular complexity index is 2120. The molecule has 0 atom stereocenters. The average molecular weight is 1040 g/mol. The molecule has 4 aromatic rings. The Balaban J connectivity index is 1.81. The molecule has 0 aliphatic carbocycles. The van der Waals surface area contributed by atoms with Crippen molar-refractivity contribution in [1.29, 1.82) is 0 Å². The van der Waals surface area contributed by atoms with Gasteiger partial charge in [0.15, 0.2) is 11.5 Å². The van der Waals surface area contributed by atoms with E-state index in [1.807, 2.05) is 0 Å². The van der Waals surface area contributed by atoms with Crippen LogP contribution in [0, 0.1) is 0 Å². The van der Waals surface area contributed by atoms with Crippen LogP contribution in [0.25, 0.3) is 0 Å². The number of ether oxygens (including phenoxy) is 2. The molecule has 0 unspecified atom stereocenters. The van der Waals surface area contributed by atoms with E-state index >= 15 is 26.3 Å². The predicted octanol–water partition coefficient (Wildman–Crippen LogP) is 9.38. The number of carbonyl (C=O) groups excluding carboxylic acids is 2. The minimum atomic E-state index is -6.17. The Kier molecular flexibility index (Phi) is 12.3. The summed E-state index contributed by atoms with van der Waals surface area (Å²) in [5.74, 6) is -10.8. The molecular formula is C33H14Br4F6O12. The van der Waals surface area contributed by atoms with Gasteiger partial charge >= 0.3 is 48.2 Å². The zero-order chi connectivity index (χ0) is 41.5. The zero-order valence-corrected chi connectivity index (χ0v) is 32.5. The first-order chi connectivity index (χ1) is 25.3. The molecule has 0 saturated carbocycles. The number of aromatic carboxylic acids is 4. The minimum absolute atomic E-state index is 0.362. The van der Waals surface area contributed by atoms with E-state index < -0.39 is 127 Å². The Morgan fingerprint density at radius 1 is 0.455 bits per heavy atom. The van der Waals surface area contributed by atoms with Gasteiger partial charge in [-0.3, -0.25) is 0 Å². The molecule has 0 heterocycles. The lowest BCUT2D eigenvalue weighted by atomic mass is 9.73. The molecule has 0 spiro atoms. The Labute approximate surface area is 335 Å². The third kappa shape index (κ3) is 8.26. The largest absolute Gasteiger partial charge is 0.478 e. The summed E-state index contributed by atoms with van der Waals surface area (Å²) in [6.45, 7) is 0. The topological polar surface area (TPSA) is 202 Å². The van der Waals surface area contributed by atoms with E-state index in [4.69, 9.17) is 9.47 Å². The van der Waals surface area contributed by atoms with E-state index in [1.165, 1.54) is 0 Å². The van der Waals surface area contributed by atoms with Crippen molar-refractivity contribution in [3.63, 3.8) is 0 Å². The third-order valence-corrected chi connectivity index (χ3v) is 9.89. The van der Waals surface area contributed by atoms with Crippen LogP contribution in [0.3, 0.4) is 0 Å². The molecule has 4 N–H and O–H groups in total. The number of benzene rings is 4. The molecule has 0 saturated heterocycles. The highest BCUT2D eigenvalue weighted by Gasteiger charge is 2.73. The fourth-order valence-electron chi connectivity index (χ4n) is 5.10. The van der Waals surface area contributed by atoms with Crippen molar-refractivity contribution in [2.45, 2.75) is 17.8 Å².